The monoisotopic (exact) mass is 286 g/mol. The van der Waals surface area contributed by atoms with Crippen molar-refractivity contribution in [2.45, 2.75) is 59.3 Å². The van der Waals surface area contributed by atoms with Gasteiger partial charge in [-0.05, 0) is 55.4 Å². The Balaban J connectivity index is 0.00000361. The van der Waals surface area contributed by atoms with E-state index in [2.05, 4.69) is 13.8 Å². The molecule has 0 atom stereocenters. The van der Waals surface area contributed by atoms with Gasteiger partial charge in [0.1, 0.15) is 5.75 Å². The molecule has 0 amide bonds. The van der Waals surface area contributed by atoms with Crippen LogP contribution in [0.25, 0.3) is 0 Å². The number of phenols is 1. The van der Waals surface area contributed by atoms with E-state index in [1.165, 1.54) is 0 Å². The molecule has 1 rings (SSSR count). The number of aryl methyl sites for hydroxylation is 1. The predicted molar refractivity (Wildman–Crippen MR) is 74.4 cm³/mol. The summed E-state index contributed by atoms with van der Waals surface area (Å²) in [6, 6.07) is 1.57. The van der Waals surface area contributed by atoms with Crippen LogP contribution in [0.4, 0.5) is 0 Å². The van der Waals surface area contributed by atoms with E-state index in [0.717, 1.165) is 36.8 Å². The Morgan fingerprint density at radius 3 is 2.25 bits per heavy atom. The quantitative estimate of drug-likeness (QED) is 0.703. The van der Waals surface area contributed by atoms with E-state index in [4.69, 9.17) is 0 Å². The zero-order valence-corrected chi connectivity index (χ0v) is 15.1. The van der Waals surface area contributed by atoms with E-state index < -0.39 is 5.97 Å². The maximum absolute atomic E-state index is 11.2. The Morgan fingerprint density at radius 2 is 1.75 bits per heavy atom. The molecule has 20 heavy (non-hydrogen) atoms. The molecule has 0 aliphatic rings. The van der Waals surface area contributed by atoms with Crippen LogP contribution >= 0.6 is 0 Å². The van der Waals surface area contributed by atoms with Gasteiger partial charge < -0.3 is 15.0 Å². The van der Waals surface area contributed by atoms with Gasteiger partial charge in [-0.3, -0.25) is 0 Å². The standard InChI is InChI=1S/C16H24O3.Na/c1-4-6-8-12-10-14(16(18)19)11(3)13(15(12)17)9-7-5-2;/h10,17H,4-9H2,1-3H3,(H,18,19);/q;+1/p-1. The number of benzene rings is 1. The first-order valence-corrected chi connectivity index (χ1v) is 7.08. The topological polar surface area (TPSA) is 60.4 Å². The first-order chi connectivity index (χ1) is 9.02. The molecule has 3 nitrogen and oxygen atoms in total. The molecule has 0 saturated heterocycles. The number of carbonyl (C=O) groups is 1. The molecule has 1 N–H and O–H groups in total. The van der Waals surface area contributed by atoms with Crippen LogP contribution in [0.5, 0.6) is 5.75 Å². The van der Waals surface area contributed by atoms with Crippen molar-refractivity contribution in [2.75, 3.05) is 0 Å². The third-order valence-corrected chi connectivity index (χ3v) is 3.57. The molecule has 0 aliphatic carbocycles. The number of rotatable bonds is 7. The van der Waals surface area contributed by atoms with Crippen molar-refractivity contribution in [3.63, 3.8) is 0 Å². The third-order valence-electron chi connectivity index (χ3n) is 3.57. The summed E-state index contributed by atoms with van der Waals surface area (Å²) in [6.07, 6.45) is 5.34. The number of phenolic OH excluding ortho intramolecular Hbond substituents is 1. The molecule has 0 unspecified atom stereocenters. The Labute approximate surface area is 143 Å². The third kappa shape index (κ3) is 4.80. The SMILES string of the molecule is CCCCc1cc(C(=O)[O-])c(C)c(CCCC)c1O.[Na+]. The minimum absolute atomic E-state index is 0. The van der Waals surface area contributed by atoms with Gasteiger partial charge in [0.15, 0.2) is 0 Å². The van der Waals surface area contributed by atoms with Crippen molar-refractivity contribution >= 4 is 5.97 Å². The van der Waals surface area contributed by atoms with E-state index in [-0.39, 0.29) is 40.9 Å². The summed E-state index contributed by atoms with van der Waals surface area (Å²) in [4.78, 5) is 11.2. The van der Waals surface area contributed by atoms with Gasteiger partial charge in [-0.2, -0.15) is 0 Å². The van der Waals surface area contributed by atoms with Gasteiger partial charge in [-0.15, -0.1) is 0 Å². The second-order valence-corrected chi connectivity index (χ2v) is 5.03. The van der Waals surface area contributed by atoms with Crippen molar-refractivity contribution in [2.24, 2.45) is 0 Å². The molecule has 1 aromatic rings. The number of aromatic hydroxyl groups is 1. The Hall–Kier alpha value is -0.510. The van der Waals surface area contributed by atoms with Crippen LogP contribution in [-0.2, 0) is 12.8 Å². The molecule has 0 spiro atoms. The Bertz CT molecular complexity index is 456. The summed E-state index contributed by atoms with van der Waals surface area (Å²) >= 11 is 0. The fraction of sp³-hybridized carbons (Fsp3) is 0.562. The first kappa shape index (κ1) is 19.5. The maximum Gasteiger partial charge on any atom is 1.00 e. The second kappa shape index (κ2) is 9.43. The number of hydrogen-bond donors (Lipinski definition) is 1. The van der Waals surface area contributed by atoms with Gasteiger partial charge in [0, 0.05) is 5.56 Å². The molecule has 4 heteroatoms. The summed E-state index contributed by atoms with van der Waals surface area (Å²) in [6.45, 7) is 5.90. The van der Waals surface area contributed by atoms with Crippen molar-refractivity contribution in [1.29, 1.82) is 0 Å². The van der Waals surface area contributed by atoms with Crippen molar-refractivity contribution in [3.8, 4) is 5.75 Å². The molecule has 0 fully saturated rings. The molecular formula is C16H23NaO3. The Morgan fingerprint density at radius 1 is 1.20 bits per heavy atom. The molecule has 0 saturated carbocycles. The van der Waals surface area contributed by atoms with Gasteiger partial charge >= 0.3 is 29.6 Å². The summed E-state index contributed by atoms with van der Waals surface area (Å²) in [7, 11) is 0. The van der Waals surface area contributed by atoms with Crippen molar-refractivity contribution < 1.29 is 44.6 Å². The molecule has 0 aromatic heterocycles. The smallest absolute Gasteiger partial charge is 0.545 e. The van der Waals surface area contributed by atoms with Crippen LogP contribution in [0.1, 0.15) is 66.6 Å². The summed E-state index contributed by atoms with van der Waals surface area (Å²) in [5, 5.41) is 21.5. The number of carbonyl (C=O) groups excluding carboxylic acids is 1. The van der Waals surface area contributed by atoms with Crippen LogP contribution in [0.2, 0.25) is 0 Å². The number of carboxylic acid groups (broad SMARTS) is 1. The fourth-order valence-electron chi connectivity index (χ4n) is 2.31. The summed E-state index contributed by atoms with van der Waals surface area (Å²) in [5.41, 5.74) is 2.37. The summed E-state index contributed by atoms with van der Waals surface area (Å²) in [5.74, 6) is -0.877. The minimum atomic E-state index is -1.16. The first-order valence-electron chi connectivity index (χ1n) is 7.08. The van der Waals surface area contributed by atoms with E-state index in [0.29, 0.717) is 18.4 Å². The second-order valence-electron chi connectivity index (χ2n) is 5.03. The minimum Gasteiger partial charge on any atom is -0.545 e. The van der Waals surface area contributed by atoms with Gasteiger partial charge in [0.25, 0.3) is 0 Å². The Kier molecular flexibility index (Phi) is 9.19. The molecule has 0 radical (unpaired) electrons. The van der Waals surface area contributed by atoms with Gasteiger partial charge in [0.2, 0.25) is 0 Å². The van der Waals surface area contributed by atoms with Crippen LogP contribution in [0.15, 0.2) is 6.07 Å². The number of unbranched alkanes of at least 4 members (excludes halogenated alkanes) is 2. The zero-order chi connectivity index (χ0) is 14.4. The van der Waals surface area contributed by atoms with Crippen molar-refractivity contribution in [3.05, 3.63) is 28.3 Å². The number of aromatic carboxylic acids is 1. The average molecular weight is 286 g/mol. The number of carboxylic acids is 1. The van der Waals surface area contributed by atoms with Gasteiger partial charge in [-0.25, -0.2) is 0 Å². The molecule has 0 aliphatic heterocycles. The van der Waals surface area contributed by atoms with Crippen LogP contribution in [0.3, 0.4) is 0 Å². The van der Waals surface area contributed by atoms with E-state index in [9.17, 15) is 15.0 Å². The molecule has 0 bridgehead atoms. The van der Waals surface area contributed by atoms with Crippen LogP contribution < -0.4 is 34.7 Å². The summed E-state index contributed by atoms with van der Waals surface area (Å²) < 4.78 is 0. The van der Waals surface area contributed by atoms with E-state index in [1.54, 1.807) is 13.0 Å². The predicted octanol–water partition coefficient (Wildman–Crippen LogP) is -0.247. The van der Waals surface area contributed by atoms with Crippen LogP contribution in [-0.4, -0.2) is 11.1 Å². The van der Waals surface area contributed by atoms with Gasteiger partial charge in [0.05, 0.1) is 5.97 Å². The van der Waals surface area contributed by atoms with Crippen molar-refractivity contribution in [1.82, 2.24) is 0 Å². The molecule has 1 aromatic carbocycles. The average Bonchev–Trinajstić information content (AvgIpc) is 2.37. The fourth-order valence-corrected chi connectivity index (χ4v) is 2.31. The largest absolute Gasteiger partial charge is 1.00 e. The molecule has 106 valence electrons. The molecule has 0 heterocycles. The normalized spacial score (nSPS) is 10.2. The molecular weight excluding hydrogens is 263 g/mol. The number of hydrogen-bond acceptors (Lipinski definition) is 3. The maximum atomic E-state index is 11.2. The zero-order valence-electron chi connectivity index (χ0n) is 13.1. The van der Waals surface area contributed by atoms with Gasteiger partial charge in [-0.1, -0.05) is 26.7 Å². The van der Waals surface area contributed by atoms with Crippen LogP contribution in [0, 0.1) is 6.92 Å². The van der Waals surface area contributed by atoms with E-state index in [1.807, 2.05) is 0 Å². The van der Waals surface area contributed by atoms with E-state index >= 15 is 0 Å².